The normalized spacial score (nSPS) is 12.0. The molecule has 0 aliphatic carbocycles. The molecule has 0 N–H and O–H groups in total. The number of rotatable bonds is 3. The summed E-state index contributed by atoms with van der Waals surface area (Å²) in [5, 5.41) is 3.78. The zero-order valence-corrected chi connectivity index (χ0v) is 8.14. The number of oxime groups is 1. The van der Waals surface area contributed by atoms with E-state index in [4.69, 9.17) is 4.53 Å². The molecule has 0 amide bonds. The second-order valence-corrected chi connectivity index (χ2v) is 7.69. The standard InChI is InChI=1S/C7H15NOSi/c1-7(2)6-8-9-10(3,4)5/h6H,1H2,2-5H3/b8-6+. The summed E-state index contributed by atoms with van der Waals surface area (Å²) in [6.07, 6.45) is 1.64. The Bertz CT molecular complexity index is 146. The van der Waals surface area contributed by atoms with Crippen LogP contribution in [0.3, 0.4) is 0 Å². The highest BCUT2D eigenvalue weighted by atomic mass is 28.4. The van der Waals surface area contributed by atoms with Crippen molar-refractivity contribution in [3.8, 4) is 0 Å². The Kier molecular flexibility index (Phi) is 3.36. The van der Waals surface area contributed by atoms with E-state index in [9.17, 15) is 0 Å². The van der Waals surface area contributed by atoms with Gasteiger partial charge in [0.1, 0.15) is 0 Å². The lowest BCUT2D eigenvalue weighted by Crippen LogP contribution is -2.22. The highest BCUT2D eigenvalue weighted by Crippen LogP contribution is 2.01. The minimum absolute atomic E-state index is 0.915. The fraction of sp³-hybridized carbons (Fsp3) is 0.571. The van der Waals surface area contributed by atoms with E-state index in [1.165, 1.54) is 0 Å². The van der Waals surface area contributed by atoms with E-state index in [1.54, 1.807) is 6.21 Å². The van der Waals surface area contributed by atoms with Crippen LogP contribution in [0.25, 0.3) is 0 Å². The third kappa shape index (κ3) is 7.43. The summed E-state index contributed by atoms with van der Waals surface area (Å²) in [6.45, 7) is 11.8. The number of hydrogen-bond donors (Lipinski definition) is 0. The van der Waals surface area contributed by atoms with E-state index in [0.29, 0.717) is 0 Å². The molecule has 3 heteroatoms. The van der Waals surface area contributed by atoms with Crippen molar-refractivity contribution in [2.75, 3.05) is 0 Å². The number of allylic oxidation sites excluding steroid dienone is 1. The van der Waals surface area contributed by atoms with Gasteiger partial charge in [0.25, 0.3) is 8.32 Å². The van der Waals surface area contributed by atoms with E-state index in [0.717, 1.165) is 5.57 Å². The quantitative estimate of drug-likeness (QED) is 0.350. The Morgan fingerprint density at radius 1 is 1.50 bits per heavy atom. The monoisotopic (exact) mass is 157 g/mol. The first-order valence-corrected chi connectivity index (χ1v) is 6.70. The van der Waals surface area contributed by atoms with Crippen LogP contribution in [0.2, 0.25) is 19.6 Å². The van der Waals surface area contributed by atoms with Crippen LogP contribution in [0.4, 0.5) is 0 Å². The highest BCUT2D eigenvalue weighted by molar-refractivity contribution is 6.69. The first-order chi connectivity index (χ1) is 4.42. The Balaban J connectivity index is 3.64. The fourth-order valence-corrected chi connectivity index (χ4v) is 0.643. The van der Waals surface area contributed by atoms with E-state index >= 15 is 0 Å². The van der Waals surface area contributed by atoms with Gasteiger partial charge in [0.05, 0.1) is 6.21 Å². The summed E-state index contributed by atoms with van der Waals surface area (Å²) in [5.41, 5.74) is 0.915. The van der Waals surface area contributed by atoms with Crippen LogP contribution in [0.1, 0.15) is 6.92 Å². The van der Waals surface area contributed by atoms with E-state index in [1.807, 2.05) is 6.92 Å². The Morgan fingerprint density at radius 3 is 2.30 bits per heavy atom. The number of nitrogens with zero attached hydrogens (tertiary/aromatic N) is 1. The van der Waals surface area contributed by atoms with Crippen LogP contribution >= 0.6 is 0 Å². The molecule has 0 saturated carbocycles. The summed E-state index contributed by atoms with van der Waals surface area (Å²) in [4.78, 5) is 0. The molecule has 0 rings (SSSR count). The largest absolute Gasteiger partial charge is 0.456 e. The maximum atomic E-state index is 5.19. The molecule has 0 aromatic heterocycles. The predicted molar refractivity (Wildman–Crippen MR) is 47.7 cm³/mol. The Morgan fingerprint density at radius 2 is 2.00 bits per heavy atom. The van der Waals surface area contributed by atoms with Gasteiger partial charge in [-0.15, -0.1) is 5.16 Å². The van der Waals surface area contributed by atoms with Gasteiger partial charge in [0, 0.05) is 0 Å². The van der Waals surface area contributed by atoms with Crippen molar-refractivity contribution in [3.05, 3.63) is 12.2 Å². The minimum Gasteiger partial charge on any atom is -0.456 e. The molecular formula is C7H15NOSi. The van der Waals surface area contributed by atoms with Gasteiger partial charge in [-0.2, -0.15) is 0 Å². The SMILES string of the molecule is C=C(C)/C=N/O[Si](C)(C)C. The maximum absolute atomic E-state index is 5.19. The van der Waals surface area contributed by atoms with Gasteiger partial charge in [-0.05, 0) is 32.1 Å². The first-order valence-electron chi connectivity index (χ1n) is 3.29. The third-order valence-corrected chi connectivity index (χ3v) is 1.25. The van der Waals surface area contributed by atoms with Gasteiger partial charge in [0.2, 0.25) is 0 Å². The minimum atomic E-state index is -1.46. The van der Waals surface area contributed by atoms with E-state index in [-0.39, 0.29) is 0 Å². The van der Waals surface area contributed by atoms with Crippen LogP contribution in [-0.2, 0) is 4.53 Å². The molecule has 0 saturated heterocycles. The van der Waals surface area contributed by atoms with Gasteiger partial charge in [0.15, 0.2) is 0 Å². The van der Waals surface area contributed by atoms with Crippen molar-refractivity contribution in [1.82, 2.24) is 0 Å². The molecule has 10 heavy (non-hydrogen) atoms. The van der Waals surface area contributed by atoms with Crippen molar-refractivity contribution in [2.24, 2.45) is 5.16 Å². The van der Waals surface area contributed by atoms with Crippen LogP contribution in [-0.4, -0.2) is 14.5 Å². The van der Waals surface area contributed by atoms with Gasteiger partial charge in [-0.25, -0.2) is 0 Å². The van der Waals surface area contributed by atoms with Crippen LogP contribution < -0.4 is 0 Å². The van der Waals surface area contributed by atoms with Gasteiger partial charge < -0.3 is 4.53 Å². The molecule has 0 aromatic carbocycles. The molecule has 0 radical (unpaired) electrons. The Hall–Kier alpha value is -0.573. The molecule has 0 bridgehead atoms. The molecule has 0 aliphatic rings. The zero-order valence-electron chi connectivity index (χ0n) is 7.14. The van der Waals surface area contributed by atoms with Crippen LogP contribution in [0, 0.1) is 0 Å². The molecule has 0 atom stereocenters. The van der Waals surface area contributed by atoms with Crippen LogP contribution in [0.15, 0.2) is 17.3 Å². The lowest BCUT2D eigenvalue weighted by molar-refractivity contribution is 0.338. The Labute approximate surface area is 63.7 Å². The molecule has 0 aliphatic heterocycles. The average Bonchev–Trinajstić information content (AvgIpc) is 1.59. The smallest absolute Gasteiger partial charge is 0.278 e. The van der Waals surface area contributed by atoms with Crippen molar-refractivity contribution in [3.63, 3.8) is 0 Å². The molecule has 0 aromatic rings. The summed E-state index contributed by atoms with van der Waals surface area (Å²) in [6, 6.07) is 0. The van der Waals surface area contributed by atoms with Gasteiger partial charge >= 0.3 is 0 Å². The van der Waals surface area contributed by atoms with Crippen molar-refractivity contribution < 1.29 is 4.53 Å². The summed E-state index contributed by atoms with van der Waals surface area (Å²) in [5.74, 6) is 0. The van der Waals surface area contributed by atoms with Crippen molar-refractivity contribution >= 4 is 14.5 Å². The van der Waals surface area contributed by atoms with E-state index < -0.39 is 8.32 Å². The van der Waals surface area contributed by atoms with E-state index in [2.05, 4.69) is 31.4 Å². The molecule has 0 unspecified atom stereocenters. The average molecular weight is 157 g/mol. The molecule has 0 spiro atoms. The van der Waals surface area contributed by atoms with Gasteiger partial charge in [-0.1, -0.05) is 6.58 Å². The molecule has 0 heterocycles. The second-order valence-electron chi connectivity index (χ2n) is 3.28. The lowest BCUT2D eigenvalue weighted by Gasteiger charge is -2.11. The van der Waals surface area contributed by atoms with Gasteiger partial charge in [-0.3, -0.25) is 0 Å². The first kappa shape index (κ1) is 9.43. The van der Waals surface area contributed by atoms with Crippen LogP contribution in [0.5, 0.6) is 0 Å². The second kappa shape index (κ2) is 3.56. The van der Waals surface area contributed by atoms with Crippen molar-refractivity contribution in [2.45, 2.75) is 26.6 Å². The zero-order chi connectivity index (χ0) is 8.20. The maximum Gasteiger partial charge on any atom is 0.278 e. The third-order valence-electron chi connectivity index (χ3n) is 0.600. The molecule has 2 nitrogen and oxygen atoms in total. The summed E-state index contributed by atoms with van der Waals surface area (Å²) in [7, 11) is -1.46. The summed E-state index contributed by atoms with van der Waals surface area (Å²) < 4.78 is 5.19. The molecular weight excluding hydrogens is 142 g/mol. The summed E-state index contributed by atoms with van der Waals surface area (Å²) >= 11 is 0. The fourth-order valence-electron chi connectivity index (χ4n) is 0.274. The topological polar surface area (TPSA) is 21.6 Å². The van der Waals surface area contributed by atoms with Crippen molar-refractivity contribution in [1.29, 1.82) is 0 Å². The lowest BCUT2D eigenvalue weighted by atomic mass is 10.4. The molecule has 58 valence electrons. The highest BCUT2D eigenvalue weighted by Gasteiger charge is 2.14. The predicted octanol–water partition coefficient (Wildman–Crippen LogP) is 2.40. The number of hydrogen-bond acceptors (Lipinski definition) is 2. The molecule has 0 fully saturated rings.